The molecule has 3 rings (SSSR count). The van der Waals surface area contributed by atoms with Gasteiger partial charge in [-0.2, -0.15) is 4.98 Å². The first-order valence-corrected chi connectivity index (χ1v) is 5.85. The molecule has 1 aliphatic rings. The molecule has 0 bridgehead atoms. The highest BCUT2D eigenvalue weighted by atomic mass is 16.5. The van der Waals surface area contributed by atoms with Crippen LogP contribution in [0.1, 0.15) is 30.4 Å². The van der Waals surface area contributed by atoms with E-state index in [1.54, 1.807) is 0 Å². The fourth-order valence-corrected chi connectivity index (χ4v) is 2.04. The number of aromatic nitrogens is 2. The fraction of sp³-hybridized carbons (Fsp3) is 0.385. The van der Waals surface area contributed by atoms with Crippen LogP contribution in [0.4, 0.5) is 0 Å². The third-order valence-electron chi connectivity index (χ3n) is 2.92. The van der Waals surface area contributed by atoms with Crippen molar-refractivity contribution in [2.75, 3.05) is 6.61 Å². The molecule has 0 aliphatic carbocycles. The third-order valence-corrected chi connectivity index (χ3v) is 2.92. The van der Waals surface area contributed by atoms with E-state index in [4.69, 9.17) is 9.26 Å². The van der Waals surface area contributed by atoms with Gasteiger partial charge in [-0.1, -0.05) is 28.9 Å². The van der Waals surface area contributed by atoms with E-state index in [0.29, 0.717) is 11.7 Å². The van der Waals surface area contributed by atoms with Crippen molar-refractivity contribution in [2.24, 2.45) is 0 Å². The first-order valence-electron chi connectivity index (χ1n) is 5.85. The maximum atomic E-state index is 5.52. The van der Waals surface area contributed by atoms with Crippen LogP contribution in [-0.4, -0.2) is 16.7 Å². The van der Waals surface area contributed by atoms with Crippen molar-refractivity contribution < 1.29 is 9.26 Å². The molecule has 4 nitrogen and oxygen atoms in total. The van der Waals surface area contributed by atoms with Crippen LogP contribution in [0, 0.1) is 6.92 Å². The number of hydrogen-bond acceptors (Lipinski definition) is 4. The lowest BCUT2D eigenvalue weighted by molar-refractivity contribution is 0.0835. The summed E-state index contributed by atoms with van der Waals surface area (Å²) < 4.78 is 10.8. The zero-order valence-corrected chi connectivity index (χ0v) is 9.72. The smallest absolute Gasteiger partial charge is 0.256 e. The molecular formula is C13H14N2O2. The summed E-state index contributed by atoms with van der Waals surface area (Å²) >= 11 is 0. The second-order valence-electron chi connectivity index (χ2n) is 4.33. The molecule has 0 amide bonds. The van der Waals surface area contributed by atoms with Crippen LogP contribution in [0.15, 0.2) is 28.8 Å². The zero-order chi connectivity index (χ0) is 11.7. The van der Waals surface area contributed by atoms with E-state index in [2.05, 4.69) is 10.1 Å². The second kappa shape index (κ2) is 4.30. The summed E-state index contributed by atoms with van der Waals surface area (Å²) in [7, 11) is 0. The molecule has 1 fully saturated rings. The number of nitrogens with zero attached hydrogens (tertiary/aromatic N) is 2. The van der Waals surface area contributed by atoms with Crippen LogP contribution in [-0.2, 0) is 4.74 Å². The monoisotopic (exact) mass is 230 g/mol. The highest BCUT2D eigenvalue weighted by Crippen LogP contribution is 2.28. The van der Waals surface area contributed by atoms with Crippen molar-refractivity contribution in [3.63, 3.8) is 0 Å². The lowest BCUT2D eigenvalue weighted by Crippen LogP contribution is -1.95. The SMILES string of the molecule is Cc1cccc(-c2noc(C3CCCO3)n2)c1. The molecule has 1 unspecified atom stereocenters. The minimum Gasteiger partial charge on any atom is -0.368 e. The largest absolute Gasteiger partial charge is 0.368 e. The minimum absolute atomic E-state index is 0.0129. The summed E-state index contributed by atoms with van der Waals surface area (Å²) in [4.78, 5) is 4.40. The van der Waals surface area contributed by atoms with E-state index >= 15 is 0 Å². The minimum atomic E-state index is -0.0129. The van der Waals surface area contributed by atoms with Crippen molar-refractivity contribution >= 4 is 0 Å². The quantitative estimate of drug-likeness (QED) is 0.795. The first kappa shape index (κ1) is 10.5. The molecule has 17 heavy (non-hydrogen) atoms. The van der Waals surface area contributed by atoms with Gasteiger partial charge in [0.2, 0.25) is 5.82 Å². The molecule has 1 aliphatic heterocycles. The van der Waals surface area contributed by atoms with Gasteiger partial charge < -0.3 is 9.26 Å². The summed E-state index contributed by atoms with van der Waals surface area (Å²) in [5.41, 5.74) is 2.17. The third kappa shape index (κ3) is 2.08. The highest BCUT2D eigenvalue weighted by molar-refractivity contribution is 5.55. The van der Waals surface area contributed by atoms with Crippen LogP contribution in [0.3, 0.4) is 0 Å². The number of aryl methyl sites for hydroxylation is 1. The average molecular weight is 230 g/mol. The Kier molecular flexibility index (Phi) is 2.65. The summed E-state index contributed by atoms with van der Waals surface area (Å²) in [6.07, 6.45) is 2.02. The Morgan fingerprint density at radius 3 is 3.06 bits per heavy atom. The van der Waals surface area contributed by atoms with Gasteiger partial charge >= 0.3 is 0 Å². The molecule has 2 heterocycles. The standard InChI is InChI=1S/C13H14N2O2/c1-9-4-2-5-10(8-9)12-14-13(17-15-12)11-6-3-7-16-11/h2,4-5,8,11H,3,6-7H2,1H3. The van der Waals surface area contributed by atoms with Crippen LogP contribution < -0.4 is 0 Å². The van der Waals surface area contributed by atoms with E-state index in [9.17, 15) is 0 Å². The molecule has 1 atom stereocenters. The van der Waals surface area contributed by atoms with Gasteiger partial charge in [0.25, 0.3) is 5.89 Å². The van der Waals surface area contributed by atoms with Crippen molar-refractivity contribution in [1.29, 1.82) is 0 Å². The van der Waals surface area contributed by atoms with Crippen LogP contribution in [0.2, 0.25) is 0 Å². The van der Waals surface area contributed by atoms with Crippen molar-refractivity contribution in [1.82, 2.24) is 10.1 Å². The molecule has 0 spiro atoms. The van der Waals surface area contributed by atoms with E-state index in [0.717, 1.165) is 25.0 Å². The summed E-state index contributed by atoms with van der Waals surface area (Å²) in [5, 5.41) is 4.01. The lowest BCUT2D eigenvalue weighted by Gasteiger charge is -2.00. The van der Waals surface area contributed by atoms with Crippen molar-refractivity contribution in [2.45, 2.75) is 25.9 Å². The van der Waals surface area contributed by atoms with E-state index < -0.39 is 0 Å². The molecule has 2 aromatic rings. The van der Waals surface area contributed by atoms with E-state index in [-0.39, 0.29) is 6.10 Å². The predicted molar refractivity (Wildman–Crippen MR) is 62.4 cm³/mol. The number of ether oxygens (including phenoxy) is 1. The average Bonchev–Trinajstić information content (AvgIpc) is 3.00. The number of benzene rings is 1. The van der Waals surface area contributed by atoms with Gasteiger partial charge in [-0.15, -0.1) is 0 Å². The van der Waals surface area contributed by atoms with E-state index in [1.165, 1.54) is 5.56 Å². The molecule has 1 aromatic carbocycles. The van der Waals surface area contributed by atoms with Gasteiger partial charge in [0.15, 0.2) is 0 Å². The normalized spacial score (nSPS) is 19.7. The summed E-state index contributed by atoms with van der Waals surface area (Å²) in [5.74, 6) is 1.23. The van der Waals surface area contributed by atoms with Gasteiger partial charge in [-0.25, -0.2) is 0 Å². The number of hydrogen-bond donors (Lipinski definition) is 0. The Morgan fingerprint density at radius 1 is 1.35 bits per heavy atom. The maximum Gasteiger partial charge on any atom is 0.256 e. The Hall–Kier alpha value is -1.68. The van der Waals surface area contributed by atoms with Gasteiger partial charge in [0.05, 0.1) is 0 Å². The maximum absolute atomic E-state index is 5.52. The molecule has 1 saturated heterocycles. The van der Waals surface area contributed by atoms with Gasteiger partial charge in [0, 0.05) is 12.2 Å². The summed E-state index contributed by atoms with van der Waals surface area (Å²) in [6, 6.07) is 8.07. The Morgan fingerprint density at radius 2 is 2.29 bits per heavy atom. The topological polar surface area (TPSA) is 48.2 Å². The molecular weight excluding hydrogens is 216 g/mol. The van der Waals surface area contributed by atoms with Crippen molar-refractivity contribution in [3.8, 4) is 11.4 Å². The molecule has 4 heteroatoms. The Bertz CT molecular complexity index is 516. The molecule has 0 saturated carbocycles. The van der Waals surface area contributed by atoms with E-state index in [1.807, 2.05) is 31.2 Å². The predicted octanol–water partition coefficient (Wildman–Crippen LogP) is 2.90. The van der Waals surface area contributed by atoms with Crippen LogP contribution >= 0.6 is 0 Å². The molecule has 88 valence electrons. The lowest BCUT2D eigenvalue weighted by atomic mass is 10.1. The summed E-state index contributed by atoms with van der Waals surface area (Å²) in [6.45, 7) is 2.83. The second-order valence-corrected chi connectivity index (χ2v) is 4.33. The first-order chi connectivity index (χ1) is 8.33. The van der Waals surface area contributed by atoms with Crippen LogP contribution in [0.25, 0.3) is 11.4 Å². The van der Waals surface area contributed by atoms with Crippen molar-refractivity contribution in [3.05, 3.63) is 35.7 Å². The molecule has 0 N–H and O–H groups in total. The Labute approximate surface area is 99.6 Å². The highest BCUT2D eigenvalue weighted by Gasteiger charge is 2.24. The fourth-order valence-electron chi connectivity index (χ4n) is 2.04. The Balaban J connectivity index is 1.89. The van der Waals surface area contributed by atoms with Gasteiger partial charge in [-0.3, -0.25) is 0 Å². The van der Waals surface area contributed by atoms with Crippen LogP contribution in [0.5, 0.6) is 0 Å². The molecule has 1 aromatic heterocycles. The molecule has 0 radical (unpaired) electrons. The zero-order valence-electron chi connectivity index (χ0n) is 9.72. The van der Waals surface area contributed by atoms with Gasteiger partial charge in [-0.05, 0) is 25.8 Å². The van der Waals surface area contributed by atoms with Gasteiger partial charge in [0.1, 0.15) is 6.10 Å². The number of rotatable bonds is 2.